The number of aryl methyl sites for hydroxylation is 1. The zero-order valence-corrected chi connectivity index (χ0v) is 27.8. The summed E-state index contributed by atoms with van der Waals surface area (Å²) in [5.41, 5.74) is 2.46. The minimum Gasteiger partial charge on any atom is -0.396 e. The molecule has 10 atom stereocenters. The Bertz CT molecular complexity index is 1020. The molecule has 4 nitrogen and oxygen atoms in total. The minimum atomic E-state index is -0.194. The van der Waals surface area contributed by atoms with Crippen LogP contribution in [0.25, 0.3) is 0 Å². The summed E-state index contributed by atoms with van der Waals surface area (Å²) in [7, 11) is 4.09. The summed E-state index contributed by atoms with van der Waals surface area (Å²) in [6.45, 7) is 20.1. The lowest BCUT2D eigenvalue weighted by Gasteiger charge is -2.70. The van der Waals surface area contributed by atoms with E-state index in [9.17, 15) is 10.2 Å². The van der Waals surface area contributed by atoms with Crippen LogP contribution < -0.4 is 9.47 Å². The van der Waals surface area contributed by atoms with Crippen LogP contribution in [0.4, 0.5) is 5.69 Å². The molecule has 0 bridgehead atoms. The lowest BCUT2D eigenvalue weighted by molar-refractivity contribution is -0.693. The molecular formula is C37H63N2O2+. The molecule has 1 heterocycles. The van der Waals surface area contributed by atoms with Gasteiger partial charge in [-0.2, -0.15) is 0 Å². The number of aliphatic hydroxyl groups excluding tert-OH is 2. The van der Waals surface area contributed by atoms with Crippen LogP contribution in [0.15, 0.2) is 37.2 Å². The number of hydrogen-bond acceptors (Lipinski definition) is 3. The van der Waals surface area contributed by atoms with Crippen molar-refractivity contribution in [1.29, 1.82) is 0 Å². The van der Waals surface area contributed by atoms with Crippen LogP contribution in [0, 0.1) is 51.2 Å². The van der Waals surface area contributed by atoms with Gasteiger partial charge in [0, 0.05) is 38.5 Å². The van der Waals surface area contributed by atoms with E-state index < -0.39 is 0 Å². The van der Waals surface area contributed by atoms with Crippen LogP contribution in [-0.2, 0) is 6.54 Å². The Kier molecular flexibility index (Phi) is 9.76. The van der Waals surface area contributed by atoms with Crippen molar-refractivity contribution in [2.45, 2.75) is 118 Å². The molecule has 2 N–H and O–H groups in total. The molecule has 0 radical (unpaired) electrons. The third-order valence-corrected chi connectivity index (χ3v) is 13.9. The number of allylic oxidation sites excluding steroid dienone is 1. The van der Waals surface area contributed by atoms with Crippen molar-refractivity contribution in [3.05, 3.63) is 37.2 Å². The summed E-state index contributed by atoms with van der Waals surface area (Å²) >= 11 is 0. The van der Waals surface area contributed by atoms with Gasteiger partial charge in [-0.05, 0) is 129 Å². The van der Waals surface area contributed by atoms with Crippen molar-refractivity contribution >= 4 is 5.69 Å². The molecule has 0 aromatic carbocycles. The molecule has 1 aromatic heterocycles. The molecule has 4 unspecified atom stereocenters. The molecule has 4 aliphatic carbocycles. The summed E-state index contributed by atoms with van der Waals surface area (Å²) in [5.74, 6) is 3.42. The van der Waals surface area contributed by atoms with Crippen LogP contribution in [0.1, 0.15) is 106 Å². The van der Waals surface area contributed by atoms with E-state index in [1.165, 1.54) is 57.1 Å². The number of aliphatic hydroxyl groups is 2. The first-order chi connectivity index (χ1) is 19.3. The first-order valence-corrected chi connectivity index (χ1v) is 16.9. The Morgan fingerprint density at radius 1 is 1.02 bits per heavy atom. The van der Waals surface area contributed by atoms with Crippen molar-refractivity contribution in [2.24, 2.45) is 51.2 Å². The lowest BCUT2D eigenvalue weighted by atomic mass is 9.34. The topological polar surface area (TPSA) is 47.6 Å². The number of pyridine rings is 1. The third kappa shape index (κ3) is 5.54. The van der Waals surface area contributed by atoms with Gasteiger partial charge in [-0.3, -0.25) is 0 Å². The van der Waals surface area contributed by atoms with Gasteiger partial charge in [-0.25, -0.2) is 4.57 Å². The van der Waals surface area contributed by atoms with Crippen LogP contribution in [-0.4, -0.2) is 37.0 Å². The highest BCUT2D eigenvalue weighted by Gasteiger charge is 2.68. The molecule has 4 saturated carbocycles. The summed E-state index contributed by atoms with van der Waals surface area (Å²) in [6.07, 6.45) is 18.6. The zero-order chi connectivity index (χ0) is 30.2. The molecule has 0 spiro atoms. The van der Waals surface area contributed by atoms with E-state index in [0.717, 1.165) is 37.1 Å². The summed E-state index contributed by atoms with van der Waals surface area (Å²) in [6, 6.07) is 4.23. The van der Waals surface area contributed by atoms with Gasteiger partial charge >= 0.3 is 0 Å². The van der Waals surface area contributed by atoms with Crippen LogP contribution in [0.2, 0.25) is 0 Å². The predicted molar refractivity (Wildman–Crippen MR) is 172 cm³/mol. The van der Waals surface area contributed by atoms with Gasteiger partial charge in [-0.15, -0.1) is 6.58 Å². The highest BCUT2D eigenvalue weighted by molar-refractivity contribution is 5.41. The number of aromatic nitrogens is 1. The van der Waals surface area contributed by atoms with Gasteiger partial charge < -0.3 is 15.1 Å². The number of rotatable bonds is 7. The zero-order valence-electron chi connectivity index (χ0n) is 27.8. The van der Waals surface area contributed by atoms with E-state index in [0.29, 0.717) is 34.7 Å². The van der Waals surface area contributed by atoms with E-state index in [2.05, 4.69) is 81.3 Å². The fourth-order valence-corrected chi connectivity index (χ4v) is 10.8. The molecule has 0 aliphatic heterocycles. The van der Waals surface area contributed by atoms with E-state index in [1.54, 1.807) is 0 Å². The van der Waals surface area contributed by atoms with Gasteiger partial charge in [0.1, 0.15) is 6.54 Å². The molecule has 0 saturated heterocycles. The first kappa shape index (κ1) is 32.5. The van der Waals surface area contributed by atoms with Crippen LogP contribution >= 0.6 is 0 Å². The van der Waals surface area contributed by atoms with Crippen molar-refractivity contribution in [1.82, 2.24) is 0 Å². The third-order valence-electron chi connectivity index (χ3n) is 13.9. The van der Waals surface area contributed by atoms with Crippen molar-refractivity contribution < 1.29 is 14.8 Å². The molecule has 5 rings (SSSR count). The van der Waals surface area contributed by atoms with E-state index in [4.69, 9.17) is 0 Å². The molecule has 1 aromatic rings. The van der Waals surface area contributed by atoms with Gasteiger partial charge in [0.2, 0.25) is 0 Å². The Morgan fingerprint density at radius 2 is 1.71 bits per heavy atom. The molecule has 41 heavy (non-hydrogen) atoms. The predicted octanol–water partition coefficient (Wildman–Crippen LogP) is 7.67. The Balaban J connectivity index is 0.000000296. The van der Waals surface area contributed by atoms with Crippen molar-refractivity contribution in [3.63, 3.8) is 0 Å². The second-order valence-electron chi connectivity index (χ2n) is 15.7. The highest BCUT2D eigenvalue weighted by Crippen LogP contribution is 2.75. The Morgan fingerprint density at radius 3 is 2.27 bits per heavy atom. The number of anilines is 1. The molecular weight excluding hydrogens is 504 g/mol. The maximum absolute atomic E-state index is 10.5. The van der Waals surface area contributed by atoms with Crippen molar-refractivity contribution in [2.75, 3.05) is 25.6 Å². The summed E-state index contributed by atoms with van der Waals surface area (Å²) in [5, 5.41) is 20.6. The second-order valence-corrected chi connectivity index (χ2v) is 15.7. The fourth-order valence-electron chi connectivity index (χ4n) is 10.8. The average molecular weight is 568 g/mol. The summed E-state index contributed by atoms with van der Waals surface area (Å²) < 4.78 is 2.15. The summed E-state index contributed by atoms with van der Waals surface area (Å²) in [4.78, 5) is 2.10. The minimum absolute atomic E-state index is 0.157. The lowest BCUT2D eigenvalue weighted by Crippen LogP contribution is -2.64. The standard InChI is InChI=1S/C28H48O2.C9H15N2/c1-7-21-12-15-28(18-29)17-16-26(5)22(24(21)28)8-9-23-25(4,13-11-20(3)30)19(2)10-14-27(23,26)6;1-4-11-7-5-9(6-8-11)10(2)3/h7,19-24,29-30H,1,8-18H2,2-6H3;5-8H,4H2,1-3H3/q;+1/t19?,20-,21-,22?,23?,24?,25+,26-,27-,28-;/m1./s1. The first-order valence-electron chi connectivity index (χ1n) is 16.9. The van der Waals surface area contributed by atoms with Gasteiger partial charge in [0.15, 0.2) is 12.4 Å². The number of hydrogen-bond donors (Lipinski definition) is 2. The van der Waals surface area contributed by atoms with Crippen LogP contribution in [0.3, 0.4) is 0 Å². The van der Waals surface area contributed by atoms with Crippen molar-refractivity contribution in [3.8, 4) is 0 Å². The smallest absolute Gasteiger partial charge is 0.170 e. The average Bonchev–Trinajstić information content (AvgIpc) is 3.34. The van der Waals surface area contributed by atoms with E-state index >= 15 is 0 Å². The van der Waals surface area contributed by atoms with Gasteiger partial charge in [0.05, 0.1) is 6.10 Å². The Hall–Kier alpha value is -1.39. The number of nitrogens with zero attached hydrogens (tertiary/aromatic N) is 2. The maximum atomic E-state index is 10.5. The second kappa shape index (κ2) is 12.3. The van der Waals surface area contributed by atoms with Gasteiger partial charge in [0.25, 0.3) is 0 Å². The molecule has 4 aliphatic rings. The number of fused-ring (bicyclic) bond motifs is 5. The maximum Gasteiger partial charge on any atom is 0.170 e. The van der Waals surface area contributed by atoms with Crippen LogP contribution in [0.5, 0.6) is 0 Å². The molecule has 232 valence electrons. The van der Waals surface area contributed by atoms with E-state index in [1.807, 2.05) is 21.0 Å². The molecule has 0 amide bonds. The molecule has 4 fully saturated rings. The Labute approximate surface area is 252 Å². The normalized spacial score (nSPS) is 42.1. The largest absolute Gasteiger partial charge is 0.396 e. The van der Waals surface area contributed by atoms with Gasteiger partial charge in [-0.1, -0.05) is 33.8 Å². The quantitative estimate of drug-likeness (QED) is 0.263. The molecule has 4 heteroatoms. The monoisotopic (exact) mass is 567 g/mol. The highest BCUT2D eigenvalue weighted by atomic mass is 16.3. The fraction of sp³-hybridized carbons (Fsp3) is 0.811. The SMILES string of the molecule is C=C[C@@H]1CC[C@]2(CO)CC[C@]3(C)C(CCC4[C@@](C)(CC[C@@H](C)O)C(C)CC[C@]43C)C12.CC[n+]1ccc(N(C)C)cc1. The van der Waals surface area contributed by atoms with E-state index in [-0.39, 0.29) is 11.5 Å².